The van der Waals surface area contributed by atoms with Crippen molar-refractivity contribution < 1.29 is 12.9 Å². The Kier molecular flexibility index (Phi) is 2.75. The molecule has 2 bridgehead atoms. The number of rotatable bonds is 2. The lowest BCUT2D eigenvalue weighted by molar-refractivity contribution is 0.390. The first-order valence-electron chi connectivity index (χ1n) is 7.17. The summed E-state index contributed by atoms with van der Waals surface area (Å²) in [6, 6.07) is 3.65. The van der Waals surface area contributed by atoms with E-state index >= 15 is 0 Å². The average Bonchev–Trinajstić information content (AvgIpc) is 3.04. The Morgan fingerprint density at radius 3 is 2.91 bits per heavy atom. The number of aryl methyl sites for hydroxylation is 2. The van der Waals surface area contributed by atoms with Gasteiger partial charge in [0.05, 0.1) is 11.7 Å². The highest BCUT2D eigenvalue weighted by Crippen LogP contribution is 2.41. The van der Waals surface area contributed by atoms with Crippen LogP contribution in [-0.4, -0.2) is 37.7 Å². The molecule has 1 atom stereocenters. The van der Waals surface area contributed by atoms with Crippen molar-refractivity contribution in [3.63, 3.8) is 0 Å². The Morgan fingerprint density at radius 1 is 1.36 bits per heavy atom. The van der Waals surface area contributed by atoms with Crippen molar-refractivity contribution in [2.45, 2.75) is 31.2 Å². The van der Waals surface area contributed by atoms with E-state index in [2.05, 4.69) is 15.0 Å². The van der Waals surface area contributed by atoms with Gasteiger partial charge in [-0.1, -0.05) is 5.16 Å². The largest absolute Gasteiger partial charge is 0.366 e. The topological polar surface area (TPSA) is 79.5 Å². The molecule has 8 heteroatoms. The summed E-state index contributed by atoms with van der Waals surface area (Å²) in [7, 11) is -3.74. The molecule has 0 saturated carbocycles. The van der Waals surface area contributed by atoms with Crippen molar-refractivity contribution in [1.29, 1.82) is 0 Å². The Balaban J connectivity index is 1.93. The fourth-order valence-corrected chi connectivity index (χ4v) is 5.32. The van der Waals surface area contributed by atoms with Crippen molar-refractivity contribution in [1.82, 2.24) is 10.1 Å². The molecule has 0 amide bonds. The molecule has 1 fully saturated rings. The molecule has 1 unspecified atom stereocenters. The van der Waals surface area contributed by atoms with Gasteiger partial charge in [-0.25, -0.2) is 17.7 Å². The molecule has 1 saturated heterocycles. The summed E-state index contributed by atoms with van der Waals surface area (Å²) in [4.78, 5) is 6.67. The second-order valence-electron chi connectivity index (χ2n) is 5.69. The summed E-state index contributed by atoms with van der Waals surface area (Å²) in [6.07, 6.45) is 2.42. The SMILES string of the molecule is Cc1noc(C)c1S(=O)(=O)N1c2ncccc2N2CCC1C2. The number of pyridine rings is 1. The van der Waals surface area contributed by atoms with Gasteiger partial charge in [-0.3, -0.25) is 0 Å². The number of fused-ring (bicyclic) bond motifs is 4. The minimum Gasteiger partial charge on any atom is -0.366 e. The van der Waals surface area contributed by atoms with Crippen molar-refractivity contribution in [2.75, 3.05) is 22.3 Å². The molecule has 0 aliphatic carbocycles. The maximum absolute atomic E-state index is 13.2. The highest BCUT2D eigenvalue weighted by molar-refractivity contribution is 7.93. The molecule has 0 aromatic carbocycles. The second kappa shape index (κ2) is 4.45. The van der Waals surface area contributed by atoms with E-state index in [1.165, 1.54) is 4.31 Å². The average molecular weight is 320 g/mol. The van der Waals surface area contributed by atoms with Crippen LogP contribution >= 0.6 is 0 Å². The van der Waals surface area contributed by atoms with Crippen LogP contribution in [0.3, 0.4) is 0 Å². The van der Waals surface area contributed by atoms with Crippen LogP contribution in [0.15, 0.2) is 27.7 Å². The van der Waals surface area contributed by atoms with Gasteiger partial charge < -0.3 is 9.42 Å². The molecule has 2 aliphatic heterocycles. The molecule has 7 nitrogen and oxygen atoms in total. The van der Waals surface area contributed by atoms with E-state index in [0.29, 0.717) is 23.8 Å². The first-order chi connectivity index (χ1) is 10.5. The first kappa shape index (κ1) is 13.6. The van der Waals surface area contributed by atoms with Gasteiger partial charge in [-0.05, 0) is 32.4 Å². The summed E-state index contributed by atoms with van der Waals surface area (Å²) in [6.45, 7) is 4.81. The van der Waals surface area contributed by atoms with E-state index in [9.17, 15) is 8.42 Å². The minimum atomic E-state index is -3.74. The van der Waals surface area contributed by atoms with E-state index in [1.807, 2.05) is 12.1 Å². The smallest absolute Gasteiger partial charge is 0.271 e. The molecule has 0 spiro atoms. The zero-order valence-electron chi connectivity index (χ0n) is 12.4. The Labute approximate surface area is 128 Å². The number of hydrogen-bond donors (Lipinski definition) is 0. The molecular formula is C14H16N4O3S. The summed E-state index contributed by atoms with van der Waals surface area (Å²) >= 11 is 0. The third-order valence-corrected chi connectivity index (χ3v) is 6.38. The molecule has 116 valence electrons. The van der Waals surface area contributed by atoms with E-state index < -0.39 is 10.0 Å². The molecular weight excluding hydrogens is 304 g/mol. The van der Waals surface area contributed by atoms with Gasteiger partial charge in [0.1, 0.15) is 5.69 Å². The van der Waals surface area contributed by atoms with E-state index in [0.717, 1.165) is 18.7 Å². The molecule has 0 N–H and O–H groups in total. The molecule has 22 heavy (non-hydrogen) atoms. The summed E-state index contributed by atoms with van der Waals surface area (Å²) in [5.74, 6) is 0.812. The third kappa shape index (κ3) is 1.70. The van der Waals surface area contributed by atoms with Crippen molar-refractivity contribution in [3.8, 4) is 0 Å². The van der Waals surface area contributed by atoms with Crippen LogP contribution in [-0.2, 0) is 10.0 Å². The highest BCUT2D eigenvalue weighted by atomic mass is 32.2. The van der Waals surface area contributed by atoms with Crippen LogP contribution in [0, 0.1) is 13.8 Å². The van der Waals surface area contributed by atoms with Gasteiger partial charge >= 0.3 is 0 Å². The minimum absolute atomic E-state index is 0.0962. The zero-order chi connectivity index (χ0) is 15.5. The third-order valence-electron chi connectivity index (χ3n) is 4.30. The van der Waals surface area contributed by atoms with Gasteiger partial charge in [0, 0.05) is 19.3 Å². The fraction of sp³-hybridized carbons (Fsp3) is 0.429. The standard InChI is InChI=1S/C14H16N4O3S/c1-9-13(10(2)21-16-9)22(19,20)18-11-5-7-17(8-11)12-4-3-6-15-14(12)18/h3-4,6,11H,5,7-8H2,1-2H3. The fourth-order valence-electron chi connectivity index (χ4n) is 3.38. The van der Waals surface area contributed by atoms with Crippen molar-refractivity contribution in [3.05, 3.63) is 29.8 Å². The van der Waals surface area contributed by atoms with Crippen molar-refractivity contribution >= 4 is 21.5 Å². The Hall–Kier alpha value is -2.09. The van der Waals surface area contributed by atoms with Gasteiger partial charge in [0.25, 0.3) is 10.0 Å². The maximum atomic E-state index is 13.2. The lowest BCUT2D eigenvalue weighted by Gasteiger charge is -2.35. The van der Waals surface area contributed by atoms with Gasteiger partial charge in [0.15, 0.2) is 16.5 Å². The second-order valence-corrected chi connectivity index (χ2v) is 7.44. The Bertz CT molecular complexity index is 826. The zero-order valence-corrected chi connectivity index (χ0v) is 13.2. The van der Waals surface area contributed by atoms with Gasteiger partial charge in [-0.15, -0.1) is 0 Å². The number of anilines is 2. The monoisotopic (exact) mass is 320 g/mol. The highest BCUT2D eigenvalue weighted by Gasteiger charge is 2.44. The van der Waals surface area contributed by atoms with Crippen LogP contribution in [0.5, 0.6) is 0 Å². The van der Waals surface area contributed by atoms with Crippen LogP contribution < -0.4 is 9.21 Å². The normalized spacial score (nSPS) is 20.4. The summed E-state index contributed by atoms with van der Waals surface area (Å²) in [5, 5.41) is 3.78. The predicted octanol–water partition coefficient (Wildman–Crippen LogP) is 1.47. The first-order valence-corrected chi connectivity index (χ1v) is 8.61. The number of aromatic nitrogens is 2. The lowest BCUT2D eigenvalue weighted by Crippen LogP contribution is -2.46. The lowest BCUT2D eigenvalue weighted by atomic mass is 10.2. The van der Waals surface area contributed by atoms with E-state index in [4.69, 9.17) is 4.52 Å². The molecule has 2 aromatic rings. The number of hydrogen-bond acceptors (Lipinski definition) is 6. The molecule has 2 aliphatic rings. The quantitative estimate of drug-likeness (QED) is 0.834. The number of sulfonamides is 1. The molecule has 0 radical (unpaired) electrons. The van der Waals surface area contributed by atoms with Crippen LogP contribution in [0.25, 0.3) is 0 Å². The van der Waals surface area contributed by atoms with Crippen LogP contribution in [0.4, 0.5) is 11.5 Å². The van der Waals surface area contributed by atoms with Crippen LogP contribution in [0.2, 0.25) is 0 Å². The maximum Gasteiger partial charge on any atom is 0.271 e. The van der Waals surface area contributed by atoms with E-state index in [-0.39, 0.29) is 10.9 Å². The molecule has 4 rings (SSSR count). The predicted molar refractivity (Wildman–Crippen MR) is 80.5 cm³/mol. The van der Waals surface area contributed by atoms with Crippen LogP contribution in [0.1, 0.15) is 17.9 Å². The van der Waals surface area contributed by atoms with Gasteiger partial charge in [-0.2, -0.15) is 0 Å². The van der Waals surface area contributed by atoms with E-state index in [1.54, 1.807) is 20.0 Å². The number of nitrogens with zero attached hydrogens (tertiary/aromatic N) is 4. The van der Waals surface area contributed by atoms with Gasteiger partial charge in [0.2, 0.25) is 0 Å². The summed E-state index contributed by atoms with van der Waals surface area (Å²) < 4.78 is 32.9. The summed E-state index contributed by atoms with van der Waals surface area (Å²) in [5.41, 5.74) is 1.25. The molecule has 4 heterocycles. The molecule has 2 aromatic heterocycles. The Morgan fingerprint density at radius 2 is 2.18 bits per heavy atom. The van der Waals surface area contributed by atoms with Crippen molar-refractivity contribution in [2.24, 2.45) is 0 Å².